The summed E-state index contributed by atoms with van der Waals surface area (Å²) in [6.45, 7) is 1.70. The molecule has 0 saturated carbocycles. The summed E-state index contributed by atoms with van der Waals surface area (Å²) in [5.74, 6) is 0.213. The van der Waals surface area contributed by atoms with Crippen molar-refractivity contribution in [1.29, 1.82) is 0 Å². The molecule has 1 heterocycles. The number of benzene rings is 1. The van der Waals surface area contributed by atoms with Gasteiger partial charge in [-0.25, -0.2) is 13.1 Å². The van der Waals surface area contributed by atoms with Gasteiger partial charge in [0.05, 0.1) is 11.7 Å². The van der Waals surface area contributed by atoms with Gasteiger partial charge in [0.25, 0.3) is 0 Å². The Hall–Kier alpha value is -0.760. The maximum absolute atomic E-state index is 12.1. The van der Waals surface area contributed by atoms with Crippen molar-refractivity contribution in [3.8, 4) is 0 Å². The fraction of sp³-hybridized carbons (Fsp3) is 0.333. The first-order chi connectivity index (χ1) is 8.04. The largest absolute Gasteiger partial charge is 0.243 e. The Morgan fingerprint density at radius 1 is 1.47 bits per heavy atom. The summed E-state index contributed by atoms with van der Waals surface area (Å²) in [6, 6.07) is 4.54. The Bertz CT molecular complexity index is 626. The zero-order chi connectivity index (χ0) is 12.5. The van der Waals surface area contributed by atoms with E-state index in [0.717, 1.165) is 11.7 Å². The number of fused-ring (bicyclic) bond motifs is 1. The fourth-order valence-corrected chi connectivity index (χ4v) is 3.54. The third-order valence-corrected chi connectivity index (χ3v) is 4.75. The van der Waals surface area contributed by atoms with E-state index in [9.17, 15) is 8.42 Å². The first-order valence-corrected chi connectivity index (χ1v) is 7.59. The second-order valence-electron chi connectivity index (χ2n) is 3.56. The molecule has 8 heteroatoms. The second-order valence-corrected chi connectivity index (χ2v) is 6.08. The summed E-state index contributed by atoms with van der Waals surface area (Å²) >= 11 is 6.58. The van der Waals surface area contributed by atoms with Crippen molar-refractivity contribution in [2.24, 2.45) is 0 Å². The quantitative estimate of drug-likeness (QED) is 0.869. The number of rotatable bonds is 4. The molecule has 0 radical (unpaired) electrons. The molecule has 5 nitrogen and oxygen atoms in total. The van der Waals surface area contributed by atoms with Crippen LogP contribution in [0.25, 0.3) is 11.0 Å². The van der Waals surface area contributed by atoms with Gasteiger partial charge in [-0.1, -0.05) is 6.07 Å². The fourth-order valence-electron chi connectivity index (χ4n) is 1.36. The highest BCUT2D eigenvalue weighted by Gasteiger charge is 2.21. The summed E-state index contributed by atoms with van der Waals surface area (Å²) < 4.78 is 34.6. The molecule has 1 N–H and O–H groups in total. The van der Waals surface area contributed by atoms with Gasteiger partial charge in [0.2, 0.25) is 10.0 Å². The van der Waals surface area contributed by atoms with Crippen molar-refractivity contribution in [2.45, 2.75) is 17.9 Å². The first-order valence-electron chi connectivity index (χ1n) is 4.84. The van der Waals surface area contributed by atoms with Crippen molar-refractivity contribution in [2.75, 3.05) is 5.88 Å². The standard InChI is InChI=1S/C9H10ClN3O2S2/c1-6(5-10)13-17(14,15)8-4-2-3-7-9(8)12-16-11-7/h2-4,6,13H,5H2,1H3. The number of hydrogen-bond acceptors (Lipinski definition) is 5. The van der Waals surface area contributed by atoms with E-state index in [1.165, 1.54) is 6.07 Å². The molecule has 1 unspecified atom stereocenters. The molecule has 0 spiro atoms. The number of hydrogen-bond donors (Lipinski definition) is 1. The molecule has 1 aromatic heterocycles. The Morgan fingerprint density at radius 2 is 2.24 bits per heavy atom. The van der Waals surface area contributed by atoms with Crippen LogP contribution in [0.2, 0.25) is 0 Å². The minimum Gasteiger partial charge on any atom is -0.207 e. The Kier molecular flexibility index (Phi) is 3.62. The average molecular weight is 292 g/mol. The average Bonchev–Trinajstić information content (AvgIpc) is 2.75. The van der Waals surface area contributed by atoms with Crippen LogP contribution in [0.15, 0.2) is 23.1 Å². The van der Waals surface area contributed by atoms with E-state index in [1.54, 1.807) is 19.1 Å². The Morgan fingerprint density at radius 3 is 2.94 bits per heavy atom. The van der Waals surface area contributed by atoms with Crippen LogP contribution in [-0.2, 0) is 10.0 Å². The van der Waals surface area contributed by atoms with Crippen LogP contribution < -0.4 is 4.72 Å². The second kappa shape index (κ2) is 4.85. The number of alkyl halides is 1. The number of sulfonamides is 1. The molecule has 0 aliphatic carbocycles. The van der Waals surface area contributed by atoms with E-state index in [2.05, 4.69) is 13.5 Å². The molecule has 0 bridgehead atoms. The molecule has 0 amide bonds. The summed E-state index contributed by atoms with van der Waals surface area (Å²) in [5.41, 5.74) is 0.975. The third-order valence-electron chi connectivity index (χ3n) is 2.13. The van der Waals surface area contributed by atoms with Crippen molar-refractivity contribution >= 4 is 44.4 Å². The predicted molar refractivity (Wildman–Crippen MR) is 67.9 cm³/mol. The molecular weight excluding hydrogens is 282 g/mol. The minimum absolute atomic E-state index is 0.140. The van der Waals surface area contributed by atoms with E-state index in [4.69, 9.17) is 11.6 Å². The molecule has 1 atom stereocenters. The maximum Gasteiger partial charge on any atom is 0.243 e. The zero-order valence-corrected chi connectivity index (χ0v) is 11.3. The molecule has 92 valence electrons. The lowest BCUT2D eigenvalue weighted by Crippen LogP contribution is -2.33. The Balaban J connectivity index is 2.49. The van der Waals surface area contributed by atoms with Crippen LogP contribution in [0.5, 0.6) is 0 Å². The highest BCUT2D eigenvalue weighted by Crippen LogP contribution is 2.21. The normalized spacial score (nSPS) is 14.0. The Labute approximate surface area is 108 Å². The molecule has 0 fully saturated rings. The smallest absolute Gasteiger partial charge is 0.207 e. The minimum atomic E-state index is -3.60. The molecule has 2 aromatic rings. The van der Waals surface area contributed by atoms with Crippen LogP contribution in [-0.4, -0.2) is 29.1 Å². The number of aromatic nitrogens is 2. The molecule has 17 heavy (non-hydrogen) atoms. The van der Waals surface area contributed by atoms with Crippen molar-refractivity contribution in [1.82, 2.24) is 13.5 Å². The SMILES string of the molecule is CC(CCl)NS(=O)(=O)c1cccc2nsnc12. The summed E-state index contributed by atoms with van der Waals surface area (Å²) in [7, 11) is -3.60. The van der Waals surface area contributed by atoms with Gasteiger partial charge in [0.15, 0.2) is 0 Å². The summed E-state index contributed by atoms with van der Waals surface area (Å²) in [4.78, 5) is 0.140. The topological polar surface area (TPSA) is 72.0 Å². The lowest BCUT2D eigenvalue weighted by molar-refractivity contribution is 0.571. The monoisotopic (exact) mass is 291 g/mol. The van der Waals surface area contributed by atoms with Gasteiger partial charge < -0.3 is 0 Å². The highest BCUT2D eigenvalue weighted by molar-refractivity contribution is 7.89. The van der Waals surface area contributed by atoms with Gasteiger partial charge in [-0.15, -0.1) is 11.6 Å². The van der Waals surface area contributed by atoms with Crippen LogP contribution in [0.4, 0.5) is 0 Å². The van der Waals surface area contributed by atoms with Crippen LogP contribution in [0, 0.1) is 0 Å². The van der Waals surface area contributed by atoms with E-state index in [1.807, 2.05) is 0 Å². The summed E-state index contributed by atoms with van der Waals surface area (Å²) in [5, 5.41) is 0. The molecular formula is C9H10ClN3O2S2. The molecule has 1 aromatic carbocycles. The van der Waals surface area contributed by atoms with Gasteiger partial charge in [-0.2, -0.15) is 8.75 Å². The van der Waals surface area contributed by atoms with Crippen LogP contribution in [0.1, 0.15) is 6.92 Å². The highest BCUT2D eigenvalue weighted by atomic mass is 35.5. The predicted octanol–water partition coefficient (Wildman–Crippen LogP) is 1.60. The van der Waals surface area contributed by atoms with Crippen LogP contribution in [0.3, 0.4) is 0 Å². The van der Waals surface area contributed by atoms with Gasteiger partial charge in [0, 0.05) is 11.9 Å². The van der Waals surface area contributed by atoms with Crippen LogP contribution >= 0.6 is 23.3 Å². The van der Waals surface area contributed by atoms with Gasteiger partial charge in [-0.3, -0.25) is 0 Å². The summed E-state index contributed by atoms with van der Waals surface area (Å²) in [6.07, 6.45) is 0. The third kappa shape index (κ3) is 2.57. The zero-order valence-electron chi connectivity index (χ0n) is 8.92. The van der Waals surface area contributed by atoms with Crippen molar-refractivity contribution in [3.05, 3.63) is 18.2 Å². The lowest BCUT2D eigenvalue weighted by atomic mass is 10.3. The number of nitrogens with one attached hydrogen (secondary N) is 1. The van der Waals surface area contributed by atoms with Crippen molar-refractivity contribution in [3.63, 3.8) is 0 Å². The van der Waals surface area contributed by atoms with E-state index < -0.39 is 10.0 Å². The molecule has 0 aliphatic rings. The van der Waals surface area contributed by atoms with Gasteiger partial charge >= 0.3 is 0 Å². The molecule has 0 aliphatic heterocycles. The number of halogens is 1. The first kappa shape index (κ1) is 12.7. The van der Waals surface area contributed by atoms with E-state index in [0.29, 0.717) is 11.0 Å². The number of nitrogens with zero attached hydrogens (tertiary/aromatic N) is 2. The van der Waals surface area contributed by atoms with Gasteiger partial charge in [0.1, 0.15) is 15.9 Å². The maximum atomic E-state index is 12.1. The van der Waals surface area contributed by atoms with Gasteiger partial charge in [-0.05, 0) is 19.1 Å². The molecule has 0 saturated heterocycles. The molecule has 2 rings (SSSR count). The lowest BCUT2D eigenvalue weighted by Gasteiger charge is -2.11. The van der Waals surface area contributed by atoms with E-state index >= 15 is 0 Å². The van der Waals surface area contributed by atoms with E-state index in [-0.39, 0.29) is 16.8 Å². The van der Waals surface area contributed by atoms with Crippen molar-refractivity contribution < 1.29 is 8.42 Å².